The van der Waals surface area contributed by atoms with E-state index in [1.54, 1.807) is 61.4 Å². The second kappa shape index (κ2) is 12.6. The van der Waals surface area contributed by atoms with Crippen LogP contribution in [0.2, 0.25) is 5.02 Å². The minimum absolute atomic E-state index is 0.0358. The average Bonchev–Trinajstić information content (AvgIpc) is 3.63. The first-order valence-corrected chi connectivity index (χ1v) is 16.0. The van der Waals surface area contributed by atoms with Crippen molar-refractivity contribution >= 4 is 62.4 Å². The van der Waals surface area contributed by atoms with Crippen LogP contribution in [0.3, 0.4) is 0 Å². The lowest BCUT2D eigenvalue weighted by atomic mass is 10.1. The third-order valence-electron chi connectivity index (χ3n) is 6.42. The lowest BCUT2D eigenvalue weighted by Crippen LogP contribution is -2.32. The number of amides is 2. The van der Waals surface area contributed by atoms with Gasteiger partial charge in [-0.1, -0.05) is 53.7 Å². The summed E-state index contributed by atoms with van der Waals surface area (Å²) in [7, 11) is -0.518. The number of thioether (sulfide) groups is 1. The van der Waals surface area contributed by atoms with Gasteiger partial charge in [-0.2, -0.15) is 13.5 Å². The predicted molar refractivity (Wildman–Crippen MR) is 173 cm³/mol. The normalized spacial score (nSPS) is 15.0. The molecule has 44 heavy (non-hydrogen) atoms. The highest BCUT2D eigenvalue weighted by molar-refractivity contribution is 8.14. The summed E-state index contributed by atoms with van der Waals surface area (Å²) >= 11 is 7.31. The topological polar surface area (TPSA) is 121 Å². The molecule has 0 radical (unpaired) electrons. The first-order valence-electron chi connectivity index (χ1n) is 13.3. The summed E-state index contributed by atoms with van der Waals surface area (Å²) in [6.45, 7) is 2.83. The first kappa shape index (κ1) is 31.0. The number of carbonyl (C=O) groups is 2. The van der Waals surface area contributed by atoms with Gasteiger partial charge in [-0.25, -0.2) is 9.69 Å². The predicted octanol–water partition coefficient (Wildman–Crippen LogP) is 5.39. The number of hydrazone groups is 1. The van der Waals surface area contributed by atoms with E-state index in [4.69, 9.17) is 16.7 Å². The third-order valence-corrected chi connectivity index (χ3v) is 9.06. The molecular weight excluding hydrogens is 622 g/mol. The molecule has 11 nitrogen and oxygen atoms in total. The summed E-state index contributed by atoms with van der Waals surface area (Å²) in [5.74, 6) is -0.608. The maximum atomic E-state index is 12.9. The van der Waals surface area contributed by atoms with Gasteiger partial charge in [0.05, 0.1) is 22.0 Å². The summed E-state index contributed by atoms with van der Waals surface area (Å²) in [5.41, 5.74) is 3.22. The zero-order chi connectivity index (χ0) is 31.6. The molecule has 0 N–H and O–H groups in total. The summed E-state index contributed by atoms with van der Waals surface area (Å²) < 4.78 is 30.5. The molecule has 1 aromatic heterocycles. The molecule has 1 unspecified atom stereocenters. The zero-order valence-corrected chi connectivity index (χ0v) is 26.6. The summed E-state index contributed by atoms with van der Waals surface area (Å²) in [6, 6.07) is 22.4. The van der Waals surface area contributed by atoms with E-state index in [2.05, 4.69) is 9.50 Å². The van der Waals surface area contributed by atoms with Gasteiger partial charge in [-0.15, -0.1) is 9.50 Å². The van der Waals surface area contributed by atoms with Gasteiger partial charge in [0, 0.05) is 50.3 Å². The summed E-state index contributed by atoms with van der Waals surface area (Å²) in [6.07, 6.45) is 3.01. The Morgan fingerprint density at radius 1 is 0.977 bits per heavy atom. The fourth-order valence-corrected chi connectivity index (χ4v) is 6.68. The fraction of sp³-hybridized carbons (Fsp3) is 0.167. The van der Waals surface area contributed by atoms with Crippen molar-refractivity contribution in [2.24, 2.45) is 9.50 Å². The van der Waals surface area contributed by atoms with Crippen molar-refractivity contribution in [2.45, 2.75) is 24.1 Å². The standard InChI is InChI=1S/C30H28ClN7O4S2/c1-20(39)37(25-12-10-23(31)11-13-25)30-34-38(21(2)40)29(43-30)27-18-36(33-28(27)22-8-6-5-7-9-22)24-14-16-26(17-15-24)44(41,42)32-19-35(3)4/h5-19,29H,1-4H3. The number of anilines is 1. The minimum atomic E-state index is -3.88. The molecule has 4 aromatic rings. The van der Waals surface area contributed by atoms with Crippen LogP contribution in [-0.2, 0) is 19.6 Å². The molecule has 0 bridgehead atoms. The largest absolute Gasteiger partial charge is 0.368 e. The van der Waals surface area contributed by atoms with E-state index < -0.39 is 15.4 Å². The smallest absolute Gasteiger partial charge is 0.283 e. The van der Waals surface area contributed by atoms with E-state index in [-0.39, 0.29) is 16.7 Å². The van der Waals surface area contributed by atoms with Crippen molar-refractivity contribution in [3.8, 4) is 16.9 Å². The maximum absolute atomic E-state index is 12.9. The highest BCUT2D eigenvalue weighted by Crippen LogP contribution is 2.44. The number of nitrogens with zero attached hydrogens (tertiary/aromatic N) is 7. The highest BCUT2D eigenvalue weighted by Gasteiger charge is 2.38. The molecular formula is C30H28ClN7O4S2. The number of benzene rings is 3. The van der Waals surface area contributed by atoms with E-state index >= 15 is 0 Å². The summed E-state index contributed by atoms with van der Waals surface area (Å²) in [5, 5.41) is 10.9. The Hall–Kier alpha value is -4.46. The molecule has 2 amide bonds. The molecule has 14 heteroatoms. The van der Waals surface area contributed by atoms with Crippen molar-refractivity contribution < 1.29 is 18.0 Å². The SMILES string of the molecule is CC(=O)N(C1=NN(C(C)=O)C(c2cn(-c3ccc(S(=O)(=O)N=CN(C)C)cc3)nc2-c2ccccc2)S1)c1ccc(Cl)cc1. The third kappa shape index (κ3) is 6.54. The molecule has 1 aliphatic rings. The Morgan fingerprint density at radius 2 is 1.64 bits per heavy atom. The van der Waals surface area contributed by atoms with Crippen LogP contribution in [0.1, 0.15) is 24.8 Å². The number of rotatable bonds is 7. The van der Waals surface area contributed by atoms with E-state index in [0.29, 0.717) is 32.8 Å². The molecule has 1 atom stereocenters. The van der Waals surface area contributed by atoms with Crippen molar-refractivity contribution in [1.82, 2.24) is 19.7 Å². The fourth-order valence-electron chi connectivity index (χ4n) is 4.37. The van der Waals surface area contributed by atoms with Crippen molar-refractivity contribution in [3.63, 3.8) is 0 Å². The second-order valence-electron chi connectivity index (χ2n) is 9.94. The molecule has 1 aliphatic heterocycles. The Labute approximate surface area is 264 Å². The number of carbonyl (C=O) groups excluding carboxylic acids is 2. The van der Waals surface area contributed by atoms with Gasteiger partial charge >= 0.3 is 0 Å². The summed E-state index contributed by atoms with van der Waals surface area (Å²) in [4.78, 5) is 28.7. The number of hydrogen-bond acceptors (Lipinski definition) is 7. The minimum Gasteiger partial charge on any atom is -0.368 e. The van der Waals surface area contributed by atoms with Crippen LogP contribution >= 0.6 is 23.4 Å². The quantitative estimate of drug-likeness (QED) is 0.194. The molecule has 0 fully saturated rings. The van der Waals surface area contributed by atoms with Crippen molar-refractivity contribution in [2.75, 3.05) is 19.0 Å². The molecule has 3 aromatic carbocycles. The number of hydrogen-bond donors (Lipinski definition) is 0. The van der Waals surface area contributed by atoms with E-state index in [1.807, 2.05) is 30.3 Å². The number of aromatic nitrogens is 2. The Bertz CT molecular complexity index is 1860. The van der Waals surface area contributed by atoms with Gasteiger partial charge in [-0.05, 0) is 48.5 Å². The van der Waals surface area contributed by atoms with Gasteiger partial charge in [-0.3, -0.25) is 14.5 Å². The molecule has 226 valence electrons. The lowest BCUT2D eigenvalue weighted by Gasteiger charge is -2.20. The maximum Gasteiger partial charge on any atom is 0.283 e. The highest BCUT2D eigenvalue weighted by atomic mass is 35.5. The number of halogens is 1. The Balaban J connectivity index is 1.55. The van der Waals surface area contributed by atoms with Crippen LogP contribution in [0.5, 0.6) is 0 Å². The van der Waals surface area contributed by atoms with Crippen LogP contribution in [0.15, 0.2) is 99.5 Å². The van der Waals surface area contributed by atoms with Crippen molar-refractivity contribution in [3.05, 3.63) is 95.6 Å². The molecule has 0 aliphatic carbocycles. The van der Waals surface area contributed by atoms with E-state index in [0.717, 1.165) is 5.56 Å². The number of sulfonamides is 1. The Kier molecular flexibility index (Phi) is 8.90. The van der Waals surface area contributed by atoms with Gasteiger partial charge in [0.25, 0.3) is 10.0 Å². The van der Waals surface area contributed by atoms with E-state index in [1.165, 1.54) is 58.9 Å². The Morgan fingerprint density at radius 3 is 2.23 bits per heavy atom. The molecule has 0 saturated carbocycles. The first-order chi connectivity index (χ1) is 20.9. The second-order valence-corrected chi connectivity index (χ2v) is 13.1. The van der Waals surface area contributed by atoms with E-state index in [9.17, 15) is 18.0 Å². The van der Waals surface area contributed by atoms with Crippen LogP contribution < -0.4 is 4.90 Å². The molecule has 2 heterocycles. The van der Waals surface area contributed by atoms with Crippen LogP contribution in [0, 0.1) is 0 Å². The molecule has 0 spiro atoms. The van der Waals surface area contributed by atoms with Gasteiger partial charge in [0.2, 0.25) is 11.8 Å². The number of amidine groups is 1. The van der Waals surface area contributed by atoms with Gasteiger partial charge in [0.1, 0.15) is 11.7 Å². The molecule has 5 rings (SSSR count). The van der Waals surface area contributed by atoms with Gasteiger partial charge in [0.15, 0.2) is 5.17 Å². The average molecular weight is 650 g/mol. The van der Waals surface area contributed by atoms with Crippen LogP contribution in [0.4, 0.5) is 5.69 Å². The van der Waals surface area contributed by atoms with Crippen LogP contribution in [-0.4, -0.2) is 65.5 Å². The zero-order valence-electron chi connectivity index (χ0n) is 24.2. The monoisotopic (exact) mass is 649 g/mol. The van der Waals surface area contributed by atoms with Crippen LogP contribution in [0.25, 0.3) is 16.9 Å². The lowest BCUT2D eigenvalue weighted by molar-refractivity contribution is -0.129. The van der Waals surface area contributed by atoms with Gasteiger partial charge < -0.3 is 4.90 Å². The van der Waals surface area contributed by atoms with Crippen molar-refractivity contribution in [1.29, 1.82) is 0 Å². The molecule has 0 saturated heterocycles.